The third kappa shape index (κ3) is 4.12. The number of nitro benzene ring substituents is 1. The van der Waals surface area contributed by atoms with E-state index >= 15 is 0 Å². The molecular formula is C18H18F2N2O5S. The topological polar surface area (TPSA) is 89.8 Å². The normalized spacial score (nSPS) is 18.0. The highest BCUT2D eigenvalue weighted by Crippen LogP contribution is 2.35. The van der Waals surface area contributed by atoms with Crippen molar-refractivity contribution in [2.24, 2.45) is 5.92 Å². The van der Waals surface area contributed by atoms with E-state index in [9.17, 15) is 27.3 Å². The van der Waals surface area contributed by atoms with Crippen LogP contribution in [0.1, 0.15) is 19.8 Å². The zero-order chi connectivity index (χ0) is 20.5. The summed E-state index contributed by atoms with van der Waals surface area (Å²) in [5, 5.41) is 11.4. The van der Waals surface area contributed by atoms with Gasteiger partial charge in [-0.2, -0.15) is 4.31 Å². The third-order valence-electron chi connectivity index (χ3n) is 4.50. The number of hydrogen-bond acceptors (Lipinski definition) is 5. The summed E-state index contributed by atoms with van der Waals surface area (Å²) in [4.78, 5) is 10.4. The van der Waals surface area contributed by atoms with Crippen LogP contribution in [0.4, 0.5) is 14.5 Å². The van der Waals surface area contributed by atoms with Gasteiger partial charge in [0.05, 0.1) is 9.82 Å². The molecule has 1 atom stereocenters. The number of nitrogens with zero attached hydrogens (tertiary/aromatic N) is 2. The molecule has 0 aromatic heterocycles. The molecule has 1 saturated heterocycles. The van der Waals surface area contributed by atoms with E-state index < -0.39 is 32.3 Å². The molecule has 0 saturated carbocycles. The third-order valence-corrected chi connectivity index (χ3v) is 6.36. The Morgan fingerprint density at radius 3 is 2.57 bits per heavy atom. The largest absolute Gasteiger partial charge is 0.450 e. The van der Waals surface area contributed by atoms with Crippen molar-refractivity contribution in [2.45, 2.75) is 24.7 Å². The Hall–Kier alpha value is -2.59. The summed E-state index contributed by atoms with van der Waals surface area (Å²) < 4.78 is 58.6. The highest BCUT2D eigenvalue weighted by Gasteiger charge is 2.31. The number of benzene rings is 2. The first kappa shape index (κ1) is 20.2. The Morgan fingerprint density at radius 2 is 1.93 bits per heavy atom. The van der Waals surface area contributed by atoms with Crippen molar-refractivity contribution in [1.29, 1.82) is 0 Å². The molecule has 3 rings (SSSR count). The van der Waals surface area contributed by atoms with E-state index in [4.69, 9.17) is 4.74 Å². The first-order valence-electron chi connectivity index (χ1n) is 8.60. The maximum absolute atomic E-state index is 13.3. The van der Waals surface area contributed by atoms with E-state index in [-0.39, 0.29) is 22.3 Å². The molecule has 2 aromatic rings. The molecule has 1 fully saturated rings. The predicted molar refractivity (Wildman–Crippen MR) is 96.7 cm³/mol. The summed E-state index contributed by atoms with van der Waals surface area (Å²) in [7, 11) is -3.89. The Morgan fingerprint density at radius 1 is 1.18 bits per heavy atom. The van der Waals surface area contributed by atoms with Crippen LogP contribution < -0.4 is 4.74 Å². The van der Waals surface area contributed by atoms with Gasteiger partial charge >= 0.3 is 5.69 Å². The molecule has 150 valence electrons. The highest BCUT2D eigenvalue weighted by atomic mass is 32.2. The van der Waals surface area contributed by atoms with Crippen LogP contribution in [0.25, 0.3) is 0 Å². The van der Waals surface area contributed by atoms with Crippen molar-refractivity contribution < 1.29 is 26.9 Å². The maximum atomic E-state index is 13.3. The SMILES string of the molecule is C[C@H]1CCCN(S(=O)(=O)c2ccc(Oc3ccc(F)c(F)c3)c([N+](=O)[O-])c2)C1. The van der Waals surface area contributed by atoms with E-state index in [0.29, 0.717) is 13.1 Å². The van der Waals surface area contributed by atoms with E-state index in [2.05, 4.69) is 0 Å². The van der Waals surface area contributed by atoms with Crippen LogP contribution in [0, 0.1) is 27.7 Å². The molecule has 7 nitrogen and oxygen atoms in total. The molecule has 1 aliphatic rings. The van der Waals surface area contributed by atoms with Gasteiger partial charge in [-0.15, -0.1) is 0 Å². The molecule has 0 radical (unpaired) electrons. The van der Waals surface area contributed by atoms with Gasteiger partial charge in [0.2, 0.25) is 15.8 Å². The fourth-order valence-electron chi connectivity index (χ4n) is 3.07. The van der Waals surface area contributed by atoms with Gasteiger partial charge in [0, 0.05) is 25.2 Å². The van der Waals surface area contributed by atoms with Gasteiger partial charge in [0.15, 0.2) is 11.6 Å². The van der Waals surface area contributed by atoms with Gasteiger partial charge in [-0.05, 0) is 43.0 Å². The molecule has 0 N–H and O–H groups in total. The maximum Gasteiger partial charge on any atom is 0.312 e. The average Bonchev–Trinajstić information content (AvgIpc) is 2.64. The van der Waals surface area contributed by atoms with Crippen molar-refractivity contribution >= 4 is 15.7 Å². The fourth-order valence-corrected chi connectivity index (χ4v) is 4.69. The van der Waals surface area contributed by atoms with Crippen molar-refractivity contribution in [3.05, 3.63) is 58.1 Å². The standard InChI is InChI=1S/C18H18F2N2O5S/c1-12-3-2-8-21(11-12)28(25,26)14-5-7-18(17(10-14)22(23)24)27-13-4-6-15(19)16(20)9-13/h4-7,9-10,12H,2-3,8,11H2,1H3/t12-/m0/s1. The lowest BCUT2D eigenvalue weighted by Crippen LogP contribution is -2.39. The van der Waals surface area contributed by atoms with Gasteiger partial charge in [0.1, 0.15) is 5.75 Å². The molecule has 1 aliphatic heterocycles. The quantitative estimate of drug-likeness (QED) is 0.545. The van der Waals surface area contributed by atoms with Crippen LogP contribution in [0.15, 0.2) is 41.3 Å². The molecule has 1 heterocycles. The molecule has 0 unspecified atom stereocenters. The molecule has 0 spiro atoms. The van der Waals surface area contributed by atoms with Gasteiger partial charge in [-0.3, -0.25) is 10.1 Å². The lowest BCUT2D eigenvalue weighted by atomic mass is 10.0. The number of ether oxygens (including phenoxy) is 1. The van der Waals surface area contributed by atoms with Crippen LogP contribution in [0.2, 0.25) is 0 Å². The van der Waals surface area contributed by atoms with Crippen LogP contribution in [-0.2, 0) is 10.0 Å². The van der Waals surface area contributed by atoms with Crippen LogP contribution in [0.5, 0.6) is 11.5 Å². The first-order valence-corrected chi connectivity index (χ1v) is 10.0. The van der Waals surface area contributed by atoms with Gasteiger partial charge < -0.3 is 4.74 Å². The monoisotopic (exact) mass is 412 g/mol. The number of nitro groups is 1. The first-order chi connectivity index (χ1) is 13.2. The molecule has 0 amide bonds. The lowest BCUT2D eigenvalue weighted by Gasteiger charge is -2.30. The van der Waals surface area contributed by atoms with E-state index in [0.717, 1.165) is 43.2 Å². The molecule has 28 heavy (non-hydrogen) atoms. The Balaban J connectivity index is 1.94. The summed E-state index contributed by atoms with van der Waals surface area (Å²) in [5.41, 5.74) is -0.587. The summed E-state index contributed by atoms with van der Waals surface area (Å²) in [6.07, 6.45) is 1.65. The second-order valence-electron chi connectivity index (χ2n) is 6.68. The lowest BCUT2D eigenvalue weighted by molar-refractivity contribution is -0.385. The predicted octanol–water partition coefficient (Wildman–Crippen LogP) is 4.09. The van der Waals surface area contributed by atoms with Gasteiger partial charge in [-0.1, -0.05) is 6.92 Å². The summed E-state index contributed by atoms with van der Waals surface area (Å²) in [5.74, 6) is -2.48. The van der Waals surface area contributed by atoms with Gasteiger partial charge in [0.25, 0.3) is 0 Å². The fraction of sp³-hybridized carbons (Fsp3) is 0.333. The second kappa shape index (κ2) is 7.80. The average molecular weight is 412 g/mol. The van der Waals surface area contributed by atoms with Crippen molar-refractivity contribution in [1.82, 2.24) is 4.31 Å². The number of piperidine rings is 1. The second-order valence-corrected chi connectivity index (χ2v) is 8.61. The summed E-state index contributed by atoms with van der Waals surface area (Å²) in [6.45, 7) is 2.65. The smallest absolute Gasteiger partial charge is 0.312 e. The Kier molecular flexibility index (Phi) is 5.61. The van der Waals surface area contributed by atoms with E-state index in [1.54, 1.807) is 0 Å². The molecule has 0 bridgehead atoms. The van der Waals surface area contributed by atoms with Crippen molar-refractivity contribution in [2.75, 3.05) is 13.1 Å². The Labute approximate surface area is 160 Å². The zero-order valence-electron chi connectivity index (χ0n) is 15.0. The molecule has 0 aliphatic carbocycles. The van der Waals surface area contributed by atoms with Crippen LogP contribution in [0.3, 0.4) is 0 Å². The minimum atomic E-state index is -3.89. The summed E-state index contributed by atoms with van der Waals surface area (Å²) in [6, 6.07) is 5.95. The van der Waals surface area contributed by atoms with Crippen molar-refractivity contribution in [3.63, 3.8) is 0 Å². The Bertz CT molecular complexity index is 1010. The number of rotatable bonds is 5. The number of sulfonamides is 1. The highest BCUT2D eigenvalue weighted by molar-refractivity contribution is 7.89. The summed E-state index contributed by atoms with van der Waals surface area (Å²) >= 11 is 0. The number of halogens is 2. The molecule has 2 aromatic carbocycles. The van der Waals surface area contributed by atoms with E-state index in [1.165, 1.54) is 10.4 Å². The molecule has 10 heteroatoms. The van der Waals surface area contributed by atoms with Crippen LogP contribution in [-0.4, -0.2) is 30.7 Å². The zero-order valence-corrected chi connectivity index (χ0v) is 15.8. The van der Waals surface area contributed by atoms with Gasteiger partial charge in [-0.25, -0.2) is 17.2 Å². The van der Waals surface area contributed by atoms with Crippen LogP contribution >= 0.6 is 0 Å². The minimum Gasteiger partial charge on any atom is -0.450 e. The molecular weight excluding hydrogens is 394 g/mol. The number of hydrogen-bond donors (Lipinski definition) is 0. The van der Waals surface area contributed by atoms with E-state index in [1.807, 2.05) is 6.92 Å². The minimum absolute atomic E-state index is 0.150. The van der Waals surface area contributed by atoms with Crippen molar-refractivity contribution in [3.8, 4) is 11.5 Å².